The molecule has 0 saturated heterocycles. The summed E-state index contributed by atoms with van der Waals surface area (Å²) in [7, 11) is 0. The molecule has 0 aliphatic rings. The van der Waals surface area contributed by atoms with E-state index >= 15 is 0 Å². The summed E-state index contributed by atoms with van der Waals surface area (Å²) in [5.74, 6) is 0.854. The van der Waals surface area contributed by atoms with Gasteiger partial charge in [-0.1, -0.05) is 54.2 Å². The van der Waals surface area contributed by atoms with Crippen molar-refractivity contribution in [3.8, 4) is 5.75 Å². The maximum absolute atomic E-state index is 12.2. The van der Waals surface area contributed by atoms with Crippen molar-refractivity contribution in [1.82, 2.24) is 4.98 Å². The Labute approximate surface area is 166 Å². The van der Waals surface area contributed by atoms with Crippen molar-refractivity contribution < 1.29 is 13.9 Å². The van der Waals surface area contributed by atoms with E-state index in [-0.39, 0.29) is 11.7 Å². The van der Waals surface area contributed by atoms with Crippen molar-refractivity contribution in [3.05, 3.63) is 84.4 Å². The highest BCUT2D eigenvalue weighted by Gasteiger charge is 2.09. The molecule has 0 spiro atoms. The van der Waals surface area contributed by atoms with Crippen LogP contribution < -0.4 is 10.1 Å². The van der Waals surface area contributed by atoms with Crippen molar-refractivity contribution in [3.63, 3.8) is 0 Å². The van der Waals surface area contributed by atoms with Crippen LogP contribution >= 0.6 is 11.8 Å². The molecule has 3 aromatic carbocycles. The predicted octanol–water partition coefficient (Wildman–Crippen LogP) is 5.14. The van der Waals surface area contributed by atoms with Crippen molar-refractivity contribution in [1.29, 1.82) is 0 Å². The topological polar surface area (TPSA) is 64.4 Å². The summed E-state index contributed by atoms with van der Waals surface area (Å²) in [6.45, 7) is 0.508. The number of nitrogens with zero attached hydrogens (tertiary/aromatic N) is 1. The van der Waals surface area contributed by atoms with Gasteiger partial charge >= 0.3 is 0 Å². The number of nitrogens with one attached hydrogen (secondary N) is 1. The zero-order valence-corrected chi connectivity index (χ0v) is 15.8. The summed E-state index contributed by atoms with van der Waals surface area (Å²) in [4.78, 5) is 16.5. The van der Waals surface area contributed by atoms with Gasteiger partial charge in [-0.2, -0.15) is 0 Å². The third-order valence-corrected chi connectivity index (χ3v) is 4.82. The first-order chi connectivity index (χ1) is 13.8. The number of para-hydroxylation sites is 2. The minimum Gasteiger partial charge on any atom is -0.489 e. The van der Waals surface area contributed by atoms with Gasteiger partial charge in [0.1, 0.15) is 17.9 Å². The fourth-order valence-corrected chi connectivity index (χ4v) is 3.25. The Balaban J connectivity index is 1.27. The van der Waals surface area contributed by atoms with Crippen molar-refractivity contribution >= 4 is 34.5 Å². The second-order valence-corrected chi connectivity index (χ2v) is 7.01. The van der Waals surface area contributed by atoms with E-state index in [0.717, 1.165) is 28.1 Å². The molecule has 1 aromatic heterocycles. The molecule has 0 aliphatic carbocycles. The number of carbonyl (C=O) groups excluding carboxylic acids is 1. The van der Waals surface area contributed by atoms with E-state index in [1.165, 1.54) is 11.8 Å². The first kappa shape index (κ1) is 18.1. The summed E-state index contributed by atoms with van der Waals surface area (Å²) in [5, 5.41) is 3.35. The maximum atomic E-state index is 12.2. The molecular formula is C22H18N2O3S. The molecule has 0 bridgehead atoms. The first-order valence-electron chi connectivity index (χ1n) is 8.81. The van der Waals surface area contributed by atoms with Crippen LogP contribution in [0.15, 0.2) is 88.5 Å². The Morgan fingerprint density at radius 3 is 2.50 bits per heavy atom. The predicted molar refractivity (Wildman–Crippen MR) is 111 cm³/mol. The number of fused-ring (bicyclic) bond motifs is 1. The van der Waals surface area contributed by atoms with Gasteiger partial charge in [0.2, 0.25) is 5.91 Å². The van der Waals surface area contributed by atoms with Crippen LogP contribution in [-0.4, -0.2) is 16.6 Å². The summed E-state index contributed by atoms with van der Waals surface area (Å²) in [5.41, 5.74) is 3.33. The molecule has 1 N–H and O–H groups in total. The number of ether oxygens (including phenoxy) is 1. The molecule has 0 atom stereocenters. The highest BCUT2D eigenvalue weighted by molar-refractivity contribution is 7.99. The van der Waals surface area contributed by atoms with Crippen LogP contribution in [0.3, 0.4) is 0 Å². The normalized spacial score (nSPS) is 10.7. The lowest BCUT2D eigenvalue weighted by molar-refractivity contribution is -0.113. The summed E-state index contributed by atoms with van der Waals surface area (Å²) >= 11 is 1.27. The van der Waals surface area contributed by atoms with E-state index in [4.69, 9.17) is 9.15 Å². The number of rotatable bonds is 7. The van der Waals surface area contributed by atoms with E-state index < -0.39 is 0 Å². The first-order valence-corrected chi connectivity index (χ1v) is 9.80. The molecule has 0 aliphatic heterocycles. The fourth-order valence-electron chi connectivity index (χ4n) is 2.61. The number of benzene rings is 3. The summed E-state index contributed by atoms with van der Waals surface area (Å²) in [6, 6.07) is 24.8. The van der Waals surface area contributed by atoms with Gasteiger partial charge in [-0.3, -0.25) is 4.79 Å². The molecule has 4 rings (SSSR count). The molecule has 1 heterocycles. The number of amides is 1. The van der Waals surface area contributed by atoms with Crippen LogP contribution in [0.2, 0.25) is 0 Å². The molecule has 5 nitrogen and oxygen atoms in total. The Morgan fingerprint density at radius 1 is 0.964 bits per heavy atom. The molecule has 4 aromatic rings. The Kier molecular flexibility index (Phi) is 5.58. The monoisotopic (exact) mass is 390 g/mol. The van der Waals surface area contributed by atoms with Crippen LogP contribution in [0.1, 0.15) is 5.56 Å². The molecule has 0 unspecified atom stereocenters. The third kappa shape index (κ3) is 4.72. The van der Waals surface area contributed by atoms with E-state index in [9.17, 15) is 4.79 Å². The minimum atomic E-state index is -0.120. The van der Waals surface area contributed by atoms with Crippen molar-refractivity contribution in [2.24, 2.45) is 0 Å². The van der Waals surface area contributed by atoms with Crippen molar-refractivity contribution in [2.75, 3.05) is 11.1 Å². The summed E-state index contributed by atoms with van der Waals surface area (Å²) in [6.07, 6.45) is 0. The lowest BCUT2D eigenvalue weighted by Crippen LogP contribution is -2.13. The summed E-state index contributed by atoms with van der Waals surface area (Å²) < 4.78 is 11.4. The lowest BCUT2D eigenvalue weighted by atomic mass is 10.2. The smallest absolute Gasteiger partial charge is 0.257 e. The van der Waals surface area contributed by atoms with Crippen molar-refractivity contribution in [2.45, 2.75) is 11.8 Å². The van der Waals surface area contributed by atoms with Crippen LogP contribution in [0, 0.1) is 0 Å². The van der Waals surface area contributed by atoms with Gasteiger partial charge in [0.05, 0.1) is 5.75 Å². The van der Waals surface area contributed by atoms with Gasteiger partial charge in [0.25, 0.3) is 5.22 Å². The quantitative estimate of drug-likeness (QED) is 0.443. The number of carbonyl (C=O) groups is 1. The van der Waals surface area contributed by atoms with E-state index in [1.54, 1.807) is 0 Å². The zero-order chi connectivity index (χ0) is 19.2. The van der Waals surface area contributed by atoms with Crippen LogP contribution in [0.5, 0.6) is 5.75 Å². The number of hydrogen-bond acceptors (Lipinski definition) is 5. The number of aromatic nitrogens is 1. The molecule has 6 heteroatoms. The second-order valence-electron chi connectivity index (χ2n) is 6.08. The number of thioether (sulfide) groups is 1. The third-order valence-electron chi connectivity index (χ3n) is 3.99. The molecule has 0 radical (unpaired) electrons. The molecule has 0 saturated carbocycles. The van der Waals surface area contributed by atoms with Gasteiger partial charge < -0.3 is 14.5 Å². The lowest BCUT2D eigenvalue weighted by Gasteiger charge is -2.08. The number of oxazole rings is 1. The Hall–Kier alpha value is -3.25. The largest absolute Gasteiger partial charge is 0.489 e. The number of hydrogen-bond donors (Lipinski definition) is 1. The molecule has 0 fully saturated rings. The average Bonchev–Trinajstić information content (AvgIpc) is 3.16. The molecule has 28 heavy (non-hydrogen) atoms. The van der Waals surface area contributed by atoms with E-state index in [1.807, 2.05) is 78.9 Å². The van der Waals surface area contributed by atoms with Crippen LogP contribution in [0.25, 0.3) is 11.1 Å². The SMILES string of the molecule is O=C(CSc1nc2ccccc2o1)Nc1ccc(OCc2ccccc2)cc1. The van der Waals surface area contributed by atoms with E-state index in [0.29, 0.717) is 11.8 Å². The van der Waals surface area contributed by atoms with Gasteiger partial charge in [-0.25, -0.2) is 4.98 Å². The molecule has 140 valence electrons. The standard InChI is InChI=1S/C22H18N2O3S/c25-21(15-28-22-24-19-8-4-5-9-20(19)27-22)23-17-10-12-18(13-11-17)26-14-16-6-2-1-3-7-16/h1-13H,14-15H2,(H,23,25). The fraction of sp³-hybridized carbons (Fsp3) is 0.0909. The van der Waals surface area contributed by atoms with Gasteiger partial charge in [-0.15, -0.1) is 0 Å². The van der Waals surface area contributed by atoms with Gasteiger partial charge in [0.15, 0.2) is 5.58 Å². The van der Waals surface area contributed by atoms with Crippen LogP contribution in [0.4, 0.5) is 5.69 Å². The van der Waals surface area contributed by atoms with Gasteiger partial charge in [0, 0.05) is 5.69 Å². The highest BCUT2D eigenvalue weighted by atomic mass is 32.2. The Morgan fingerprint density at radius 2 is 1.71 bits per heavy atom. The molecular weight excluding hydrogens is 372 g/mol. The molecule has 1 amide bonds. The average molecular weight is 390 g/mol. The highest BCUT2D eigenvalue weighted by Crippen LogP contribution is 2.23. The maximum Gasteiger partial charge on any atom is 0.257 e. The zero-order valence-electron chi connectivity index (χ0n) is 15.0. The Bertz CT molecular complexity index is 1030. The minimum absolute atomic E-state index is 0.120. The van der Waals surface area contributed by atoms with Gasteiger partial charge in [-0.05, 0) is 42.0 Å². The second kappa shape index (κ2) is 8.63. The van der Waals surface area contributed by atoms with Crippen LogP contribution in [-0.2, 0) is 11.4 Å². The number of anilines is 1. The van der Waals surface area contributed by atoms with E-state index in [2.05, 4.69) is 10.3 Å².